The molecule has 0 aliphatic carbocycles. The molecule has 7 heteroatoms. The molecule has 2 N–H and O–H groups in total. The first-order valence-corrected chi connectivity index (χ1v) is 7.71. The Balaban J connectivity index is 3.02. The number of carbonyl (C=O) groups excluding carboxylic acids is 1. The van der Waals surface area contributed by atoms with E-state index in [-0.39, 0.29) is 16.6 Å². The smallest absolute Gasteiger partial charge is 0.238 e. The van der Waals surface area contributed by atoms with E-state index in [2.05, 4.69) is 0 Å². The van der Waals surface area contributed by atoms with E-state index in [1.807, 2.05) is 0 Å². The first kappa shape index (κ1) is 15.8. The molecule has 0 atom stereocenters. The summed E-state index contributed by atoms with van der Waals surface area (Å²) in [5, 5.41) is 0.349. The zero-order valence-electron chi connectivity index (χ0n) is 11.1. The molecule has 1 amide bonds. The molecule has 1 aromatic carbocycles. The van der Waals surface area contributed by atoms with E-state index >= 15 is 0 Å². The highest BCUT2D eigenvalue weighted by Gasteiger charge is 2.24. The van der Waals surface area contributed by atoms with Gasteiger partial charge in [0, 0.05) is 18.1 Å². The van der Waals surface area contributed by atoms with Gasteiger partial charge >= 0.3 is 0 Å². The van der Waals surface area contributed by atoms with Crippen LogP contribution in [-0.2, 0) is 14.6 Å². The van der Waals surface area contributed by atoms with Crippen molar-refractivity contribution in [2.75, 3.05) is 18.5 Å². The molecule has 0 bridgehead atoms. The Morgan fingerprint density at radius 1 is 1.42 bits per heavy atom. The van der Waals surface area contributed by atoms with Gasteiger partial charge in [-0.25, -0.2) is 8.42 Å². The summed E-state index contributed by atoms with van der Waals surface area (Å²) in [5.41, 5.74) is 5.68. The average molecular weight is 305 g/mol. The predicted molar refractivity (Wildman–Crippen MR) is 75.8 cm³/mol. The molecule has 5 nitrogen and oxygen atoms in total. The number of sulfone groups is 1. The fourth-order valence-corrected chi connectivity index (χ4v) is 2.99. The van der Waals surface area contributed by atoms with Crippen molar-refractivity contribution < 1.29 is 13.2 Å². The highest BCUT2D eigenvalue weighted by Crippen LogP contribution is 2.23. The maximum atomic E-state index is 12.1. The molecule has 0 saturated heterocycles. The van der Waals surface area contributed by atoms with Crippen molar-refractivity contribution in [1.82, 2.24) is 4.90 Å². The molecule has 0 aliphatic heterocycles. The second kappa shape index (κ2) is 5.79. The zero-order chi connectivity index (χ0) is 14.8. The molecule has 0 radical (unpaired) electrons. The molecule has 0 heterocycles. The van der Waals surface area contributed by atoms with Gasteiger partial charge in [0.1, 0.15) is 5.75 Å². The van der Waals surface area contributed by atoms with E-state index < -0.39 is 21.5 Å². The number of hydrogen-bond acceptors (Lipinski definition) is 4. The van der Waals surface area contributed by atoms with Crippen molar-refractivity contribution in [3.8, 4) is 0 Å². The largest absolute Gasteiger partial charge is 0.398 e. The molecule has 19 heavy (non-hydrogen) atoms. The van der Waals surface area contributed by atoms with Crippen molar-refractivity contribution in [2.45, 2.75) is 24.8 Å². The van der Waals surface area contributed by atoms with Crippen LogP contribution in [0.1, 0.15) is 13.8 Å². The lowest BCUT2D eigenvalue weighted by molar-refractivity contribution is -0.128. The van der Waals surface area contributed by atoms with E-state index in [1.165, 1.54) is 23.1 Å². The highest BCUT2D eigenvalue weighted by atomic mass is 35.5. The van der Waals surface area contributed by atoms with Crippen LogP contribution in [0.5, 0.6) is 0 Å². The molecular formula is C12H17ClN2O3S. The minimum Gasteiger partial charge on any atom is -0.398 e. The lowest BCUT2D eigenvalue weighted by Gasteiger charge is -2.21. The molecule has 1 rings (SSSR count). The van der Waals surface area contributed by atoms with Crippen molar-refractivity contribution in [3.05, 3.63) is 23.2 Å². The van der Waals surface area contributed by atoms with Gasteiger partial charge in [-0.3, -0.25) is 4.79 Å². The van der Waals surface area contributed by atoms with Crippen LogP contribution in [-0.4, -0.2) is 38.1 Å². The Morgan fingerprint density at radius 3 is 2.47 bits per heavy atom. The molecule has 0 unspecified atom stereocenters. The summed E-state index contributed by atoms with van der Waals surface area (Å²) in [6.45, 7) is 3.61. The van der Waals surface area contributed by atoms with Crippen LogP contribution in [0.25, 0.3) is 0 Å². The Labute approximate surface area is 118 Å². The van der Waals surface area contributed by atoms with Crippen LogP contribution >= 0.6 is 11.6 Å². The summed E-state index contributed by atoms with van der Waals surface area (Å²) in [6.07, 6.45) is 0. The summed E-state index contributed by atoms with van der Waals surface area (Å²) in [4.78, 5) is 13.1. The van der Waals surface area contributed by atoms with Gasteiger partial charge in [-0.2, -0.15) is 0 Å². The number of nitrogens with zero attached hydrogens (tertiary/aromatic N) is 1. The standard InChI is InChI=1S/C12H17ClN2O3S/c1-8(2)15(3)12(16)7-19(17,18)11-5-4-9(13)6-10(11)14/h4-6,8H,7,14H2,1-3H3. The fraction of sp³-hybridized carbons (Fsp3) is 0.417. The van der Waals surface area contributed by atoms with Crippen molar-refractivity contribution >= 4 is 33.0 Å². The molecule has 0 fully saturated rings. The van der Waals surface area contributed by atoms with Crippen LogP contribution < -0.4 is 5.73 Å². The van der Waals surface area contributed by atoms with E-state index in [1.54, 1.807) is 20.9 Å². The first-order valence-electron chi connectivity index (χ1n) is 5.68. The van der Waals surface area contributed by atoms with Crippen LogP contribution in [0, 0.1) is 0 Å². The van der Waals surface area contributed by atoms with Gasteiger partial charge in [0.2, 0.25) is 5.91 Å². The fourth-order valence-electron chi connectivity index (χ4n) is 1.43. The third-order valence-electron chi connectivity index (χ3n) is 2.79. The van der Waals surface area contributed by atoms with Crippen LogP contribution in [0.2, 0.25) is 5.02 Å². The molecule has 0 aromatic heterocycles. The van der Waals surface area contributed by atoms with Crippen molar-refractivity contribution in [1.29, 1.82) is 0 Å². The maximum Gasteiger partial charge on any atom is 0.238 e. The van der Waals surface area contributed by atoms with Gasteiger partial charge in [-0.05, 0) is 32.0 Å². The SMILES string of the molecule is CC(C)N(C)C(=O)CS(=O)(=O)c1ccc(Cl)cc1N. The van der Waals surface area contributed by atoms with Gasteiger partial charge in [0.15, 0.2) is 9.84 Å². The number of hydrogen-bond donors (Lipinski definition) is 1. The van der Waals surface area contributed by atoms with Crippen molar-refractivity contribution in [3.63, 3.8) is 0 Å². The highest BCUT2D eigenvalue weighted by molar-refractivity contribution is 7.92. The monoisotopic (exact) mass is 304 g/mol. The van der Waals surface area contributed by atoms with Crippen molar-refractivity contribution in [2.24, 2.45) is 0 Å². The van der Waals surface area contributed by atoms with Crippen LogP contribution in [0.4, 0.5) is 5.69 Å². The van der Waals surface area contributed by atoms with Gasteiger partial charge in [-0.1, -0.05) is 11.6 Å². The Kier molecular flexibility index (Phi) is 4.81. The lowest BCUT2D eigenvalue weighted by Crippen LogP contribution is -2.37. The molecular weight excluding hydrogens is 288 g/mol. The van der Waals surface area contributed by atoms with Gasteiger partial charge < -0.3 is 10.6 Å². The minimum absolute atomic E-state index is 0.0486. The Hall–Kier alpha value is -1.27. The number of amides is 1. The number of benzene rings is 1. The molecule has 106 valence electrons. The summed E-state index contributed by atoms with van der Waals surface area (Å²) in [5.74, 6) is -1.07. The Bertz CT molecular complexity index is 585. The number of nitrogens with two attached hydrogens (primary N) is 1. The zero-order valence-corrected chi connectivity index (χ0v) is 12.6. The topological polar surface area (TPSA) is 80.5 Å². The average Bonchev–Trinajstić information content (AvgIpc) is 2.26. The third-order valence-corrected chi connectivity index (χ3v) is 4.69. The minimum atomic E-state index is -3.76. The summed E-state index contributed by atoms with van der Waals surface area (Å²) in [7, 11) is -2.20. The quantitative estimate of drug-likeness (QED) is 0.856. The van der Waals surface area contributed by atoms with Crippen LogP contribution in [0.3, 0.4) is 0 Å². The predicted octanol–water partition coefficient (Wildman–Crippen LogP) is 1.56. The third kappa shape index (κ3) is 3.84. The van der Waals surface area contributed by atoms with Crippen LogP contribution in [0.15, 0.2) is 23.1 Å². The number of nitrogen functional groups attached to an aromatic ring is 1. The maximum absolute atomic E-state index is 12.1. The Morgan fingerprint density at radius 2 is 2.00 bits per heavy atom. The summed E-state index contributed by atoms with van der Waals surface area (Å²) < 4.78 is 24.3. The molecule has 0 aliphatic rings. The second-order valence-corrected chi connectivity index (χ2v) is 6.93. The first-order chi connectivity index (χ1) is 8.65. The molecule has 1 aromatic rings. The normalized spacial score (nSPS) is 11.6. The van der Waals surface area contributed by atoms with Gasteiger partial charge in [-0.15, -0.1) is 0 Å². The number of rotatable bonds is 4. The molecule has 0 saturated carbocycles. The van der Waals surface area contributed by atoms with E-state index in [0.29, 0.717) is 5.02 Å². The molecule has 0 spiro atoms. The number of halogens is 1. The summed E-state index contributed by atoms with van der Waals surface area (Å²) in [6, 6.07) is 4.03. The number of anilines is 1. The second-order valence-electron chi connectivity index (χ2n) is 4.54. The van der Waals surface area contributed by atoms with E-state index in [9.17, 15) is 13.2 Å². The van der Waals surface area contributed by atoms with E-state index in [0.717, 1.165) is 0 Å². The lowest BCUT2D eigenvalue weighted by atomic mass is 10.3. The van der Waals surface area contributed by atoms with E-state index in [4.69, 9.17) is 17.3 Å². The van der Waals surface area contributed by atoms with Gasteiger partial charge in [0.25, 0.3) is 0 Å². The summed E-state index contributed by atoms with van der Waals surface area (Å²) >= 11 is 5.71. The van der Waals surface area contributed by atoms with Gasteiger partial charge in [0.05, 0.1) is 10.6 Å². The number of carbonyl (C=O) groups is 1.